The van der Waals surface area contributed by atoms with Crippen LogP contribution >= 0.6 is 11.6 Å². The first-order chi connectivity index (χ1) is 13.7. The van der Waals surface area contributed by atoms with Crippen LogP contribution in [0.2, 0.25) is 5.02 Å². The molecule has 1 aliphatic carbocycles. The Hall–Kier alpha value is -2.98. The topological polar surface area (TPSA) is 54.9 Å². The fraction of sp³-hybridized carbons (Fsp3) is 0.174. The predicted octanol–water partition coefficient (Wildman–Crippen LogP) is 5.57. The maximum atomic E-state index is 12.8. The zero-order chi connectivity index (χ0) is 19.1. The maximum Gasteiger partial charge on any atom is 0.255 e. The first-order valence-corrected chi connectivity index (χ1v) is 9.84. The number of aryl methyl sites for hydroxylation is 1. The molecule has 0 spiro atoms. The molecular formula is C23H18ClN3O. The lowest BCUT2D eigenvalue weighted by molar-refractivity contribution is 0.102. The van der Waals surface area contributed by atoms with Gasteiger partial charge in [0, 0.05) is 22.0 Å². The van der Waals surface area contributed by atoms with Crippen molar-refractivity contribution >= 4 is 45.0 Å². The summed E-state index contributed by atoms with van der Waals surface area (Å²) < 4.78 is 0. The Kier molecular flexibility index (Phi) is 4.21. The van der Waals surface area contributed by atoms with Crippen molar-refractivity contribution in [3.63, 3.8) is 0 Å². The van der Waals surface area contributed by atoms with Crippen LogP contribution in [-0.2, 0) is 12.8 Å². The van der Waals surface area contributed by atoms with Gasteiger partial charge in [0.25, 0.3) is 5.91 Å². The van der Waals surface area contributed by atoms with Gasteiger partial charge in [-0.3, -0.25) is 14.8 Å². The fourth-order valence-corrected chi connectivity index (χ4v) is 4.21. The van der Waals surface area contributed by atoms with E-state index in [0.717, 1.165) is 58.2 Å². The van der Waals surface area contributed by atoms with Gasteiger partial charge in [0.2, 0.25) is 0 Å². The molecule has 0 saturated carbocycles. The molecule has 0 fully saturated rings. The molecule has 2 aromatic heterocycles. The molecule has 1 N–H and O–H groups in total. The van der Waals surface area contributed by atoms with E-state index in [1.807, 2.05) is 42.5 Å². The number of fused-ring (bicyclic) bond motifs is 3. The van der Waals surface area contributed by atoms with Crippen molar-refractivity contribution < 1.29 is 4.79 Å². The van der Waals surface area contributed by atoms with Crippen LogP contribution in [0.1, 0.15) is 34.5 Å². The van der Waals surface area contributed by atoms with E-state index in [4.69, 9.17) is 16.6 Å². The van der Waals surface area contributed by atoms with Gasteiger partial charge >= 0.3 is 0 Å². The summed E-state index contributed by atoms with van der Waals surface area (Å²) in [5.41, 5.74) is 5.13. The molecule has 5 rings (SSSR count). The maximum absolute atomic E-state index is 12.8. The highest BCUT2D eigenvalue weighted by molar-refractivity contribution is 6.36. The number of aromatic nitrogens is 2. The average molecular weight is 388 g/mol. The van der Waals surface area contributed by atoms with Crippen molar-refractivity contribution in [2.45, 2.75) is 25.7 Å². The minimum absolute atomic E-state index is 0.186. The standard InChI is InChI=1S/C23H18ClN3O/c24-22-17-6-2-4-8-20(17)27-21-12-15(9-10-18(21)22)23(28)26-16-11-14-5-1-3-7-19(14)25-13-16/h1,3,5,7,9-13H,2,4,6,8H2,(H,26,28). The van der Waals surface area contributed by atoms with Crippen molar-refractivity contribution in [1.82, 2.24) is 9.97 Å². The number of halogens is 1. The molecule has 0 bridgehead atoms. The quantitative estimate of drug-likeness (QED) is 0.489. The number of anilines is 1. The van der Waals surface area contributed by atoms with E-state index in [-0.39, 0.29) is 5.91 Å². The molecule has 1 aliphatic rings. The van der Waals surface area contributed by atoms with Crippen LogP contribution in [0.4, 0.5) is 5.69 Å². The number of hydrogen-bond acceptors (Lipinski definition) is 3. The van der Waals surface area contributed by atoms with Gasteiger partial charge in [-0.2, -0.15) is 0 Å². The van der Waals surface area contributed by atoms with Crippen molar-refractivity contribution in [3.05, 3.63) is 76.6 Å². The summed E-state index contributed by atoms with van der Waals surface area (Å²) in [5.74, 6) is -0.186. The summed E-state index contributed by atoms with van der Waals surface area (Å²) in [6, 6.07) is 15.3. The molecule has 5 heteroatoms. The molecule has 0 atom stereocenters. The van der Waals surface area contributed by atoms with E-state index >= 15 is 0 Å². The molecule has 138 valence electrons. The first-order valence-electron chi connectivity index (χ1n) is 9.46. The molecule has 0 saturated heterocycles. The van der Waals surface area contributed by atoms with Gasteiger partial charge < -0.3 is 5.32 Å². The highest BCUT2D eigenvalue weighted by Gasteiger charge is 2.18. The highest BCUT2D eigenvalue weighted by Crippen LogP contribution is 2.33. The zero-order valence-corrected chi connectivity index (χ0v) is 16.0. The Bertz CT molecular complexity index is 1240. The Morgan fingerprint density at radius 2 is 1.86 bits per heavy atom. The number of nitrogens with one attached hydrogen (secondary N) is 1. The Balaban J connectivity index is 1.48. The minimum Gasteiger partial charge on any atom is -0.321 e. The van der Waals surface area contributed by atoms with E-state index in [2.05, 4.69) is 10.3 Å². The van der Waals surface area contributed by atoms with Crippen molar-refractivity contribution in [1.29, 1.82) is 0 Å². The molecule has 4 aromatic rings. The lowest BCUT2D eigenvalue weighted by Crippen LogP contribution is -2.12. The smallest absolute Gasteiger partial charge is 0.255 e. The summed E-state index contributed by atoms with van der Waals surface area (Å²) in [6.45, 7) is 0. The molecule has 28 heavy (non-hydrogen) atoms. The molecule has 2 heterocycles. The highest BCUT2D eigenvalue weighted by atomic mass is 35.5. The van der Waals surface area contributed by atoms with Gasteiger partial charge in [0.15, 0.2) is 0 Å². The normalized spacial score (nSPS) is 13.5. The SMILES string of the molecule is O=C(Nc1cnc2ccccc2c1)c1ccc2c(Cl)c3c(nc2c1)CCCC3. The van der Waals surface area contributed by atoms with Gasteiger partial charge in [0.05, 0.1) is 27.9 Å². The van der Waals surface area contributed by atoms with E-state index in [1.54, 1.807) is 12.3 Å². The summed E-state index contributed by atoms with van der Waals surface area (Å²) in [4.78, 5) is 22.0. The number of nitrogens with zero attached hydrogens (tertiary/aromatic N) is 2. The van der Waals surface area contributed by atoms with Gasteiger partial charge in [-0.1, -0.05) is 35.9 Å². The molecule has 1 amide bonds. The number of carbonyl (C=O) groups excluding carboxylic acids is 1. The second kappa shape index (κ2) is 6.88. The first kappa shape index (κ1) is 17.1. The molecule has 0 aliphatic heterocycles. The number of carbonyl (C=O) groups is 1. The van der Waals surface area contributed by atoms with Gasteiger partial charge in [0.1, 0.15) is 0 Å². The number of hydrogen-bond donors (Lipinski definition) is 1. The number of amides is 1. The van der Waals surface area contributed by atoms with Crippen LogP contribution in [0.3, 0.4) is 0 Å². The van der Waals surface area contributed by atoms with Gasteiger partial charge in [-0.05, 0) is 55.5 Å². The molecule has 0 radical (unpaired) electrons. The Labute approximate surface area is 167 Å². The average Bonchev–Trinajstić information content (AvgIpc) is 2.73. The fourth-order valence-electron chi connectivity index (χ4n) is 3.85. The van der Waals surface area contributed by atoms with Gasteiger partial charge in [-0.15, -0.1) is 0 Å². The van der Waals surface area contributed by atoms with E-state index in [9.17, 15) is 4.79 Å². The van der Waals surface area contributed by atoms with E-state index < -0.39 is 0 Å². The lowest BCUT2D eigenvalue weighted by Gasteiger charge is -2.18. The monoisotopic (exact) mass is 387 g/mol. The second-order valence-corrected chi connectivity index (χ2v) is 7.54. The number of benzene rings is 2. The van der Waals surface area contributed by atoms with Crippen molar-refractivity contribution in [2.24, 2.45) is 0 Å². The summed E-state index contributed by atoms with van der Waals surface area (Å²) in [7, 11) is 0. The summed E-state index contributed by atoms with van der Waals surface area (Å²) >= 11 is 6.63. The zero-order valence-electron chi connectivity index (χ0n) is 15.2. The van der Waals surface area contributed by atoms with Crippen LogP contribution in [0.5, 0.6) is 0 Å². The van der Waals surface area contributed by atoms with E-state index in [1.165, 1.54) is 5.56 Å². The number of pyridine rings is 2. The summed E-state index contributed by atoms with van der Waals surface area (Å²) in [5, 5.41) is 5.61. The largest absolute Gasteiger partial charge is 0.321 e. The van der Waals surface area contributed by atoms with E-state index in [0.29, 0.717) is 11.3 Å². The Morgan fingerprint density at radius 3 is 2.79 bits per heavy atom. The molecule has 2 aromatic carbocycles. The van der Waals surface area contributed by atoms with Crippen LogP contribution in [0.25, 0.3) is 21.8 Å². The third-order valence-electron chi connectivity index (χ3n) is 5.30. The molecule has 0 unspecified atom stereocenters. The number of para-hydroxylation sites is 1. The Morgan fingerprint density at radius 1 is 1.00 bits per heavy atom. The van der Waals surface area contributed by atoms with Crippen LogP contribution < -0.4 is 5.32 Å². The third-order valence-corrected chi connectivity index (χ3v) is 5.74. The van der Waals surface area contributed by atoms with Crippen LogP contribution in [0.15, 0.2) is 54.7 Å². The van der Waals surface area contributed by atoms with Crippen molar-refractivity contribution in [2.75, 3.05) is 5.32 Å². The minimum atomic E-state index is -0.186. The van der Waals surface area contributed by atoms with Gasteiger partial charge in [-0.25, -0.2) is 0 Å². The third kappa shape index (κ3) is 3.00. The number of rotatable bonds is 2. The lowest BCUT2D eigenvalue weighted by atomic mass is 9.94. The molecule has 4 nitrogen and oxygen atoms in total. The predicted molar refractivity (Wildman–Crippen MR) is 113 cm³/mol. The second-order valence-electron chi connectivity index (χ2n) is 7.16. The summed E-state index contributed by atoms with van der Waals surface area (Å²) in [6.07, 6.45) is 5.89. The van der Waals surface area contributed by atoms with Crippen molar-refractivity contribution in [3.8, 4) is 0 Å². The van der Waals surface area contributed by atoms with Crippen LogP contribution in [0, 0.1) is 0 Å². The van der Waals surface area contributed by atoms with Crippen LogP contribution in [-0.4, -0.2) is 15.9 Å². The molecular weight excluding hydrogens is 370 g/mol.